The molecule has 1 atom stereocenters. The Balaban J connectivity index is 1.65. The van der Waals surface area contributed by atoms with Gasteiger partial charge in [0.05, 0.1) is 11.0 Å². The van der Waals surface area contributed by atoms with Gasteiger partial charge in [0.25, 0.3) is 0 Å². The second kappa shape index (κ2) is 7.02. The van der Waals surface area contributed by atoms with E-state index < -0.39 is 0 Å². The molecule has 0 fully saturated rings. The largest absolute Gasteiger partial charge is 0.451 e. The van der Waals surface area contributed by atoms with Crippen molar-refractivity contribution in [1.82, 2.24) is 9.55 Å². The summed E-state index contributed by atoms with van der Waals surface area (Å²) in [6.07, 6.45) is -0.119. The van der Waals surface area contributed by atoms with Crippen molar-refractivity contribution in [1.29, 1.82) is 0 Å². The molecular formula is C25H18IN3O. The van der Waals surface area contributed by atoms with E-state index in [1.165, 1.54) is 11.3 Å². The molecule has 0 saturated heterocycles. The van der Waals surface area contributed by atoms with Gasteiger partial charge in [0.1, 0.15) is 11.6 Å². The first-order chi connectivity index (χ1) is 14.8. The van der Waals surface area contributed by atoms with Crippen molar-refractivity contribution < 1.29 is 4.42 Å². The number of imidazole rings is 1. The van der Waals surface area contributed by atoms with Gasteiger partial charge >= 0.3 is 0 Å². The van der Waals surface area contributed by atoms with Crippen molar-refractivity contribution in [2.45, 2.75) is 12.7 Å². The standard InChI is InChI=1S/C25H18IN3O/c26-23-15-14-22(30-23)25-28(16-17-8-2-1-3-9-17)20-12-6-4-10-18(20)24-27-19-11-5-7-13-21(19)29(24)25/h1-15,25H,16H2/t25-/m0/s1. The molecule has 5 heteroatoms. The lowest BCUT2D eigenvalue weighted by Gasteiger charge is -2.39. The lowest BCUT2D eigenvalue weighted by molar-refractivity contribution is 0.402. The minimum atomic E-state index is -0.119. The third kappa shape index (κ3) is 2.76. The maximum Gasteiger partial charge on any atom is 0.167 e. The quantitative estimate of drug-likeness (QED) is 0.265. The fourth-order valence-corrected chi connectivity index (χ4v) is 4.80. The summed E-state index contributed by atoms with van der Waals surface area (Å²) in [5.41, 5.74) is 5.67. The molecule has 1 aliphatic heterocycles. The lowest BCUT2D eigenvalue weighted by atomic mass is 10.0. The van der Waals surface area contributed by atoms with E-state index in [9.17, 15) is 0 Å². The highest BCUT2D eigenvalue weighted by molar-refractivity contribution is 14.1. The lowest BCUT2D eigenvalue weighted by Crippen LogP contribution is -2.36. The van der Waals surface area contributed by atoms with Gasteiger partial charge in [0.15, 0.2) is 9.93 Å². The summed E-state index contributed by atoms with van der Waals surface area (Å²) in [5, 5.41) is 0. The van der Waals surface area contributed by atoms with Crippen LogP contribution in [0.2, 0.25) is 0 Å². The van der Waals surface area contributed by atoms with Crippen molar-refractivity contribution in [3.05, 3.63) is 106 Å². The van der Waals surface area contributed by atoms with Crippen molar-refractivity contribution >= 4 is 39.3 Å². The fourth-order valence-electron chi connectivity index (χ4n) is 4.37. The molecule has 3 aromatic carbocycles. The van der Waals surface area contributed by atoms with Gasteiger partial charge < -0.3 is 9.32 Å². The van der Waals surface area contributed by atoms with E-state index in [-0.39, 0.29) is 6.17 Å². The van der Waals surface area contributed by atoms with Gasteiger partial charge in [-0.05, 0) is 64.6 Å². The first-order valence-electron chi connectivity index (χ1n) is 9.92. The molecule has 4 nitrogen and oxygen atoms in total. The van der Waals surface area contributed by atoms with Crippen LogP contribution in [0.15, 0.2) is 95.4 Å². The predicted molar refractivity (Wildman–Crippen MR) is 127 cm³/mol. The molecule has 0 radical (unpaired) electrons. The van der Waals surface area contributed by atoms with E-state index in [0.717, 1.165) is 38.5 Å². The van der Waals surface area contributed by atoms with Gasteiger partial charge in [-0.1, -0.05) is 54.6 Å². The Hall–Kier alpha value is -3.06. The number of aromatic nitrogens is 2. The van der Waals surface area contributed by atoms with Gasteiger partial charge in [-0.25, -0.2) is 4.98 Å². The van der Waals surface area contributed by atoms with Crippen molar-refractivity contribution in [2.24, 2.45) is 0 Å². The summed E-state index contributed by atoms with van der Waals surface area (Å²) in [6, 6.07) is 31.5. The van der Waals surface area contributed by atoms with E-state index in [1.54, 1.807) is 0 Å². The molecule has 0 bridgehead atoms. The summed E-state index contributed by atoms with van der Waals surface area (Å²) < 4.78 is 9.37. The molecule has 0 unspecified atom stereocenters. The van der Waals surface area contributed by atoms with Crippen LogP contribution in [0.1, 0.15) is 17.5 Å². The average Bonchev–Trinajstić information content (AvgIpc) is 3.39. The Labute approximate surface area is 187 Å². The van der Waals surface area contributed by atoms with Gasteiger partial charge in [-0.3, -0.25) is 4.57 Å². The zero-order valence-electron chi connectivity index (χ0n) is 16.1. The van der Waals surface area contributed by atoms with Crippen molar-refractivity contribution in [2.75, 3.05) is 4.90 Å². The Morgan fingerprint density at radius 3 is 2.43 bits per heavy atom. The Bertz CT molecular complexity index is 1360. The number of hydrogen-bond donors (Lipinski definition) is 0. The highest BCUT2D eigenvalue weighted by Crippen LogP contribution is 2.45. The third-order valence-corrected chi connectivity index (χ3v) is 6.21. The van der Waals surface area contributed by atoms with Gasteiger partial charge in [-0.15, -0.1) is 0 Å². The topological polar surface area (TPSA) is 34.2 Å². The minimum Gasteiger partial charge on any atom is -0.451 e. The average molecular weight is 503 g/mol. The Kier molecular flexibility index (Phi) is 4.16. The van der Waals surface area contributed by atoms with E-state index in [4.69, 9.17) is 9.40 Å². The molecule has 6 rings (SSSR count). The summed E-state index contributed by atoms with van der Waals surface area (Å²) in [5.74, 6) is 1.89. The number of fused-ring (bicyclic) bond motifs is 5. The second-order valence-corrected chi connectivity index (χ2v) is 8.50. The molecule has 30 heavy (non-hydrogen) atoms. The zero-order valence-corrected chi connectivity index (χ0v) is 18.2. The monoisotopic (exact) mass is 503 g/mol. The molecule has 0 aliphatic carbocycles. The number of benzene rings is 3. The van der Waals surface area contributed by atoms with Crippen LogP contribution < -0.4 is 4.90 Å². The molecule has 0 spiro atoms. The molecule has 5 aromatic rings. The normalized spacial score (nSPS) is 15.2. The number of nitrogens with zero attached hydrogens (tertiary/aromatic N) is 3. The van der Waals surface area contributed by atoms with Crippen LogP contribution in [0, 0.1) is 3.77 Å². The predicted octanol–water partition coefficient (Wildman–Crippen LogP) is 6.47. The molecule has 0 N–H and O–H groups in total. The maximum atomic E-state index is 6.18. The fraction of sp³-hybridized carbons (Fsp3) is 0.0800. The molecule has 0 amide bonds. The summed E-state index contributed by atoms with van der Waals surface area (Å²) in [7, 11) is 0. The molecule has 2 aromatic heterocycles. The van der Waals surface area contributed by atoms with Crippen molar-refractivity contribution in [3.8, 4) is 11.4 Å². The molecule has 1 aliphatic rings. The molecule has 146 valence electrons. The van der Waals surface area contributed by atoms with Crippen LogP contribution in [-0.2, 0) is 6.54 Å². The van der Waals surface area contributed by atoms with E-state index >= 15 is 0 Å². The van der Waals surface area contributed by atoms with E-state index in [1.807, 2.05) is 12.1 Å². The molecule has 3 heterocycles. The van der Waals surface area contributed by atoms with Crippen LogP contribution in [0.5, 0.6) is 0 Å². The van der Waals surface area contributed by atoms with Gasteiger partial charge in [0, 0.05) is 17.8 Å². The van der Waals surface area contributed by atoms with Crippen LogP contribution in [-0.4, -0.2) is 9.55 Å². The third-order valence-electron chi connectivity index (χ3n) is 5.63. The van der Waals surface area contributed by atoms with Crippen molar-refractivity contribution in [3.63, 3.8) is 0 Å². The Morgan fingerprint density at radius 2 is 1.60 bits per heavy atom. The highest BCUT2D eigenvalue weighted by Gasteiger charge is 2.36. The maximum absolute atomic E-state index is 6.18. The minimum absolute atomic E-state index is 0.119. The molecule has 0 saturated carbocycles. The van der Waals surface area contributed by atoms with Crippen LogP contribution in [0.3, 0.4) is 0 Å². The van der Waals surface area contributed by atoms with Crippen LogP contribution in [0.25, 0.3) is 22.4 Å². The SMILES string of the molecule is Ic1ccc([C@H]2N(Cc3ccccc3)c3ccccc3-c3nc4ccccc4n32)o1. The Morgan fingerprint density at radius 1 is 0.833 bits per heavy atom. The number of para-hydroxylation sites is 3. The number of rotatable bonds is 3. The summed E-state index contributed by atoms with van der Waals surface area (Å²) >= 11 is 2.23. The smallest absolute Gasteiger partial charge is 0.167 e. The number of anilines is 1. The van der Waals surface area contributed by atoms with Gasteiger partial charge in [-0.2, -0.15) is 0 Å². The number of hydrogen-bond acceptors (Lipinski definition) is 3. The summed E-state index contributed by atoms with van der Waals surface area (Å²) in [6.45, 7) is 0.770. The number of furan rings is 1. The second-order valence-electron chi connectivity index (χ2n) is 7.44. The summed E-state index contributed by atoms with van der Waals surface area (Å²) in [4.78, 5) is 7.43. The zero-order chi connectivity index (χ0) is 20.1. The molecular weight excluding hydrogens is 485 g/mol. The highest BCUT2D eigenvalue weighted by atomic mass is 127. The van der Waals surface area contributed by atoms with E-state index in [2.05, 4.69) is 111 Å². The van der Waals surface area contributed by atoms with Crippen LogP contribution >= 0.6 is 22.6 Å². The first-order valence-corrected chi connectivity index (χ1v) is 11.0. The van der Waals surface area contributed by atoms with Gasteiger partial charge in [0.2, 0.25) is 0 Å². The first kappa shape index (κ1) is 17.8. The van der Waals surface area contributed by atoms with Crippen LogP contribution in [0.4, 0.5) is 5.69 Å². The van der Waals surface area contributed by atoms with E-state index in [0.29, 0.717) is 0 Å². The number of halogens is 1.